The molecule has 2 N–H and O–H groups in total. The van der Waals surface area contributed by atoms with Crippen LogP contribution >= 0.6 is 0 Å². The van der Waals surface area contributed by atoms with Gasteiger partial charge in [0.25, 0.3) is 5.56 Å². The van der Waals surface area contributed by atoms with Gasteiger partial charge in [-0.05, 0) is 24.3 Å². The minimum Gasteiger partial charge on any atom is -0.494 e. The van der Waals surface area contributed by atoms with Crippen LogP contribution in [0.4, 0.5) is 0 Å². The Kier molecular flexibility index (Phi) is 2.83. The Bertz CT molecular complexity index is 830. The highest BCUT2D eigenvalue weighted by atomic mass is 16.3. The second-order valence-electron chi connectivity index (χ2n) is 6.41. The zero-order valence-electron chi connectivity index (χ0n) is 12.3. The summed E-state index contributed by atoms with van der Waals surface area (Å²) in [6.45, 7) is 5.97. The van der Waals surface area contributed by atoms with E-state index in [1.807, 2.05) is 39.0 Å². The maximum Gasteiger partial charge on any atom is 0.331 e. The van der Waals surface area contributed by atoms with Gasteiger partial charge >= 0.3 is 5.69 Å². The lowest BCUT2D eigenvalue weighted by Gasteiger charge is -2.13. The van der Waals surface area contributed by atoms with Gasteiger partial charge in [0.05, 0.1) is 0 Å². The molecule has 1 atom stereocenters. The Morgan fingerprint density at radius 1 is 1.33 bits per heavy atom. The van der Waals surface area contributed by atoms with Gasteiger partial charge in [-0.15, -0.1) is 0 Å². The maximum absolute atomic E-state index is 12.1. The highest BCUT2D eigenvalue weighted by Crippen LogP contribution is 2.56. The third kappa shape index (κ3) is 2.18. The van der Waals surface area contributed by atoms with Gasteiger partial charge in [0.15, 0.2) is 0 Å². The lowest BCUT2D eigenvalue weighted by molar-refractivity contribution is 0.386. The second-order valence-corrected chi connectivity index (χ2v) is 6.41. The van der Waals surface area contributed by atoms with Gasteiger partial charge in [0, 0.05) is 6.04 Å². The van der Waals surface area contributed by atoms with Crippen LogP contribution in [-0.4, -0.2) is 14.7 Å². The molecule has 1 aliphatic rings. The molecule has 0 bridgehead atoms. The minimum atomic E-state index is -0.558. The first-order valence-electron chi connectivity index (χ1n) is 6.96. The standard InChI is InChI=1S/C16H18N2O3/c1-9-5-4-6-10(7-9)12-13(19)17-15(21)18(14(12)20)11-8-16(11,2)3/h4-7,11,20H,8H2,1-3H3,(H,17,19,21). The number of aryl methyl sites for hydroxylation is 1. The molecule has 5 nitrogen and oxygen atoms in total. The molecule has 1 saturated carbocycles. The van der Waals surface area contributed by atoms with Gasteiger partial charge in [0.2, 0.25) is 5.88 Å². The Balaban J connectivity index is 2.25. The first-order valence-corrected chi connectivity index (χ1v) is 6.96. The van der Waals surface area contributed by atoms with Gasteiger partial charge in [-0.1, -0.05) is 43.7 Å². The number of nitrogens with zero attached hydrogens (tertiary/aromatic N) is 1. The number of hydrogen-bond acceptors (Lipinski definition) is 3. The summed E-state index contributed by atoms with van der Waals surface area (Å²) >= 11 is 0. The van der Waals surface area contributed by atoms with Crippen molar-refractivity contribution in [1.29, 1.82) is 0 Å². The monoisotopic (exact) mass is 286 g/mol. The summed E-state index contributed by atoms with van der Waals surface area (Å²) in [6, 6.07) is 7.22. The third-order valence-electron chi connectivity index (χ3n) is 4.20. The van der Waals surface area contributed by atoms with Crippen LogP contribution in [-0.2, 0) is 0 Å². The van der Waals surface area contributed by atoms with Crippen LogP contribution in [0.3, 0.4) is 0 Å². The number of H-pyrrole nitrogens is 1. The Morgan fingerprint density at radius 2 is 2.00 bits per heavy atom. The SMILES string of the molecule is Cc1cccc(-c2c(O)n(C3CC3(C)C)c(=O)[nH]c2=O)c1. The predicted molar refractivity (Wildman–Crippen MR) is 80.6 cm³/mol. The molecular weight excluding hydrogens is 268 g/mol. The fourth-order valence-electron chi connectivity index (χ4n) is 2.77. The smallest absolute Gasteiger partial charge is 0.331 e. The second kappa shape index (κ2) is 4.35. The Hall–Kier alpha value is -2.30. The largest absolute Gasteiger partial charge is 0.494 e. The number of nitrogens with one attached hydrogen (secondary N) is 1. The van der Waals surface area contributed by atoms with E-state index in [9.17, 15) is 14.7 Å². The van der Waals surface area contributed by atoms with Crippen LogP contribution in [0.2, 0.25) is 0 Å². The number of aromatic amines is 1. The zero-order valence-corrected chi connectivity index (χ0v) is 12.3. The molecule has 1 fully saturated rings. The van der Waals surface area contributed by atoms with Crippen LogP contribution in [0.15, 0.2) is 33.9 Å². The van der Waals surface area contributed by atoms with E-state index in [1.54, 1.807) is 6.07 Å². The van der Waals surface area contributed by atoms with E-state index in [4.69, 9.17) is 0 Å². The first-order chi connectivity index (χ1) is 9.81. The van der Waals surface area contributed by atoms with Crippen molar-refractivity contribution in [2.24, 2.45) is 5.41 Å². The first kappa shape index (κ1) is 13.7. The Labute approximate surface area is 121 Å². The maximum atomic E-state index is 12.1. The molecule has 1 heterocycles. The molecule has 21 heavy (non-hydrogen) atoms. The molecule has 0 saturated heterocycles. The van der Waals surface area contributed by atoms with Crippen molar-refractivity contribution in [1.82, 2.24) is 9.55 Å². The summed E-state index contributed by atoms with van der Waals surface area (Å²) in [6.07, 6.45) is 0.805. The quantitative estimate of drug-likeness (QED) is 0.888. The van der Waals surface area contributed by atoms with Crippen LogP contribution < -0.4 is 11.2 Å². The summed E-state index contributed by atoms with van der Waals surface area (Å²) < 4.78 is 1.30. The minimum absolute atomic E-state index is 0.0383. The van der Waals surface area contributed by atoms with E-state index in [0.29, 0.717) is 5.56 Å². The van der Waals surface area contributed by atoms with Gasteiger partial charge in [0.1, 0.15) is 5.56 Å². The van der Waals surface area contributed by atoms with Gasteiger partial charge in [-0.3, -0.25) is 14.3 Å². The van der Waals surface area contributed by atoms with Gasteiger partial charge in [-0.2, -0.15) is 0 Å². The fraction of sp³-hybridized carbons (Fsp3) is 0.375. The summed E-state index contributed by atoms with van der Waals surface area (Å²) in [7, 11) is 0. The zero-order chi connectivity index (χ0) is 15.4. The molecule has 1 aliphatic carbocycles. The average Bonchev–Trinajstić information content (AvgIpc) is 2.97. The van der Waals surface area contributed by atoms with Crippen molar-refractivity contribution in [2.75, 3.05) is 0 Å². The van der Waals surface area contributed by atoms with Crippen LogP contribution in [0.25, 0.3) is 11.1 Å². The topological polar surface area (TPSA) is 75.1 Å². The fourth-order valence-corrected chi connectivity index (χ4v) is 2.77. The molecule has 0 aliphatic heterocycles. The highest BCUT2D eigenvalue weighted by molar-refractivity contribution is 5.68. The van der Waals surface area contributed by atoms with Crippen molar-refractivity contribution >= 4 is 0 Å². The molecule has 110 valence electrons. The van der Waals surface area contributed by atoms with E-state index < -0.39 is 11.2 Å². The molecule has 2 aromatic rings. The molecule has 0 spiro atoms. The Morgan fingerprint density at radius 3 is 2.57 bits per heavy atom. The molecule has 1 aromatic heterocycles. The van der Waals surface area contributed by atoms with Crippen LogP contribution in [0.1, 0.15) is 31.9 Å². The van der Waals surface area contributed by atoms with Gasteiger partial charge < -0.3 is 5.11 Å². The highest BCUT2D eigenvalue weighted by Gasteiger charge is 2.49. The van der Waals surface area contributed by atoms with Crippen LogP contribution in [0, 0.1) is 12.3 Å². The van der Waals surface area contributed by atoms with Crippen molar-refractivity contribution in [2.45, 2.75) is 33.2 Å². The molecule has 0 radical (unpaired) electrons. The summed E-state index contributed by atoms with van der Waals surface area (Å²) in [5.41, 5.74) is 0.601. The molecule has 1 unspecified atom stereocenters. The van der Waals surface area contributed by atoms with Crippen molar-refractivity contribution in [3.63, 3.8) is 0 Å². The average molecular weight is 286 g/mol. The molecule has 3 rings (SSSR count). The van der Waals surface area contributed by atoms with Crippen molar-refractivity contribution < 1.29 is 5.11 Å². The number of benzene rings is 1. The van der Waals surface area contributed by atoms with E-state index in [0.717, 1.165) is 12.0 Å². The molecule has 0 amide bonds. The van der Waals surface area contributed by atoms with E-state index in [1.165, 1.54) is 4.57 Å². The van der Waals surface area contributed by atoms with Gasteiger partial charge in [-0.25, -0.2) is 4.79 Å². The number of aromatic hydroxyl groups is 1. The predicted octanol–water partition coefficient (Wildman–Crippen LogP) is 2.19. The normalized spacial score (nSPS) is 19.5. The summed E-state index contributed by atoms with van der Waals surface area (Å²) in [5, 5.41) is 10.5. The lowest BCUT2D eigenvalue weighted by atomic mass is 10.1. The molecular formula is C16H18N2O3. The van der Waals surface area contributed by atoms with E-state index in [-0.39, 0.29) is 22.9 Å². The van der Waals surface area contributed by atoms with Crippen LogP contribution in [0.5, 0.6) is 5.88 Å². The number of hydrogen-bond donors (Lipinski definition) is 2. The lowest BCUT2D eigenvalue weighted by Crippen LogP contribution is -2.31. The van der Waals surface area contributed by atoms with E-state index >= 15 is 0 Å². The summed E-state index contributed by atoms with van der Waals surface area (Å²) in [4.78, 5) is 26.4. The molecule has 1 aromatic carbocycles. The van der Waals surface area contributed by atoms with E-state index in [2.05, 4.69) is 4.98 Å². The number of aromatic nitrogens is 2. The molecule has 5 heteroatoms. The third-order valence-corrected chi connectivity index (χ3v) is 4.20. The van der Waals surface area contributed by atoms with Crippen molar-refractivity contribution in [3.05, 3.63) is 50.7 Å². The van der Waals surface area contributed by atoms with Crippen molar-refractivity contribution in [3.8, 4) is 17.0 Å². The number of rotatable bonds is 2. The summed E-state index contributed by atoms with van der Waals surface area (Å²) in [5.74, 6) is -0.245.